The fourth-order valence-electron chi connectivity index (χ4n) is 6.10. The Kier molecular flexibility index (Phi) is 39.5. The summed E-state index contributed by atoms with van der Waals surface area (Å²) in [5.41, 5.74) is 0. The maximum Gasteiger partial charge on any atom is 0.472 e. The predicted octanol–water partition coefficient (Wildman–Crippen LogP) is 11.8. The number of esters is 2. The molecule has 324 valence electrons. The van der Waals surface area contributed by atoms with Crippen LogP contribution in [0, 0.1) is 0 Å². The first-order valence-corrected chi connectivity index (χ1v) is 23.8. The van der Waals surface area contributed by atoms with Crippen LogP contribution in [-0.2, 0) is 32.7 Å². The monoisotopic (exact) mass is 803 g/mol. The molecule has 11 heteroatoms. The lowest BCUT2D eigenvalue weighted by molar-refractivity contribution is -0.161. The van der Waals surface area contributed by atoms with Crippen LogP contribution in [0.4, 0.5) is 0 Å². The summed E-state index contributed by atoms with van der Waals surface area (Å²) in [6.45, 7) is 2.36. The fourth-order valence-corrected chi connectivity index (χ4v) is 6.89. The number of ether oxygens (including phenoxy) is 2. The van der Waals surface area contributed by atoms with Crippen LogP contribution in [0.5, 0.6) is 0 Å². The van der Waals surface area contributed by atoms with E-state index in [1.54, 1.807) is 0 Å². The number of rotatable bonds is 42. The van der Waals surface area contributed by atoms with Gasteiger partial charge < -0.3 is 24.6 Å². The number of carbonyl (C=O) groups is 2. The molecular weight excluding hydrogens is 719 g/mol. The smallest absolute Gasteiger partial charge is 0.462 e. The molecule has 10 nitrogen and oxygen atoms in total. The van der Waals surface area contributed by atoms with Crippen LogP contribution in [0.25, 0.3) is 0 Å². The first-order chi connectivity index (χ1) is 26.7. The van der Waals surface area contributed by atoms with E-state index in [2.05, 4.69) is 42.7 Å². The highest BCUT2D eigenvalue weighted by Crippen LogP contribution is 2.43. The van der Waals surface area contributed by atoms with Crippen molar-refractivity contribution in [3.05, 3.63) is 24.3 Å². The Balaban J connectivity index is 4.29. The number of aliphatic hydroxyl groups is 2. The molecule has 0 fully saturated rings. The lowest BCUT2D eigenvalue weighted by atomic mass is 10.1. The van der Waals surface area contributed by atoms with E-state index in [1.807, 2.05) is 0 Å². The Bertz CT molecular complexity index is 972. The Morgan fingerprint density at radius 1 is 0.527 bits per heavy atom. The van der Waals surface area contributed by atoms with E-state index >= 15 is 0 Å². The molecule has 0 aliphatic rings. The van der Waals surface area contributed by atoms with Crippen molar-refractivity contribution in [1.82, 2.24) is 0 Å². The van der Waals surface area contributed by atoms with Crippen molar-refractivity contribution in [2.24, 2.45) is 0 Å². The molecule has 0 aromatic heterocycles. The van der Waals surface area contributed by atoms with Gasteiger partial charge in [0.25, 0.3) is 0 Å². The summed E-state index contributed by atoms with van der Waals surface area (Å²) in [5.74, 6) is -0.950. The van der Waals surface area contributed by atoms with Crippen LogP contribution in [0.1, 0.15) is 206 Å². The lowest BCUT2D eigenvalue weighted by Gasteiger charge is -2.20. The molecule has 0 saturated heterocycles. The third-order valence-electron chi connectivity index (χ3n) is 9.58. The molecule has 0 aromatic rings. The highest BCUT2D eigenvalue weighted by molar-refractivity contribution is 7.47. The fraction of sp³-hybridized carbons (Fsp3) is 0.864. The van der Waals surface area contributed by atoms with Gasteiger partial charge in [0.1, 0.15) is 12.7 Å². The molecular formula is C44H83O10P. The van der Waals surface area contributed by atoms with Gasteiger partial charge in [0.15, 0.2) is 6.10 Å². The molecule has 0 aromatic carbocycles. The molecule has 0 heterocycles. The van der Waals surface area contributed by atoms with E-state index in [1.165, 1.54) is 122 Å². The first-order valence-electron chi connectivity index (χ1n) is 22.3. The van der Waals surface area contributed by atoms with Gasteiger partial charge in [0.05, 0.1) is 19.8 Å². The number of carbonyl (C=O) groups excluding carboxylic acids is 2. The maximum atomic E-state index is 12.6. The van der Waals surface area contributed by atoms with Gasteiger partial charge in [-0.05, 0) is 64.2 Å². The van der Waals surface area contributed by atoms with Crippen molar-refractivity contribution < 1.29 is 47.8 Å². The summed E-state index contributed by atoms with van der Waals surface area (Å²) in [4.78, 5) is 35.0. The van der Waals surface area contributed by atoms with Gasteiger partial charge in [-0.15, -0.1) is 0 Å². The molecule has 0 amide bonds. The Hall–Kier alpha value is -1.55. The molecule has 1 unspecified atom stereocenters. The summed E-state index contributed by atoms with van der Waals surface area (Å²) in [6, 6.07) is 0. The minimum atomic E-state index is -4.62. The van der Waals surface area contributed by atoms with Crippen LogP contribution in [0.15, 0.2) is 24.3 Å². The average molecular weight is 803 g/mol. The van der Waals surface area contributed by atoms with Gasteiger partial charge in [0.2, 0.25) is 0 Å². The normalized spacial score (nSPS) is 14.1. The van der Waals surface area contributed by atoms with Crippen molar-refractivity contribution in [1.29, 1.82) is 0 Å². The molecule has 0 bridgehead atoms. The van der Waals surface area contributed by atoms with Crippen molar-refractivity contribution in [2.45, 2.75) is 219 Å². The maximum absolute atomic E-state index is 12.6. The second-order valence-electron chi connectivity index (χ2n) is 15.1. The average Bonchev–Trinajstić information content (AvgIpc) is 3.17. The van der Waals surface area contributed by atoms with Gasteiger partial charge in [-0.25, -0.2) is 4.57 Å². The van der Waals surface area contributed by atoms with Crippen molar-refractivity contribution >= 4 is 19.8 Å². The predicted molar refractivity (Wildman–Crippen MR) is 224 cm³/mol. The number of unbranched alkanes of at least 4 members (excludes halogenated alkanes) is 24. The summed E-state index contributed by atoms with van der Waals surface area (Å²) >= 11 is 0. The van der Waals surface area contributed by atoms with Gasteiger partial charge in [-0.2, -0.15) is 0 Å². The Morgan fingerprint density at radius 2 is 0.891 bits per heavy atom. The minimum absolute atomic E-state index is 0.155. The number of hydrogen-bond donors (Lipinski definition) is 3. The van der Waals surface area contributed by atoms with Crippen LogP contribution in [0.3, 0.4) is 0 Å². The second-order valence-corrected chi connectivity index (χ2v) is 16.5. The Labute approximate surface area is 336 Å². The topological polar surface area (TPSA) is 149 Å². The SMILES string of the molecule is CCCCCCCC/C=C/CCCCCCCCCC(=O)OC[C@H](COP(=O)(O)OC[C@@H](O)CO)OC(=O)CCCC/C=C/CCCCCCCCCCC. The quantitative estimate of drug-likeness (QED) is 0.0236. The van der Waals surface area contributed by atoms with Crippen LogP contribution >= 0.6 is 7.82 Å². The zero-order valence-electron chi connectivity index (χ0n) is 35.2. The van der Waals surface area contributed by atoms with Crippen LogP contribution in [-0.4, -0.2) is 65.7 Å². The zero-order valence-corrected chi connectivity index (χ0v) is 36.0. The number of hydrogen-bond acceptors (Lipinski definition) is 9. The van der Waals surface area contributed by atoms with Crippen molar-refractivity contribution in [2.75, 3.05) is 26.4 Å². The van der Waals surface area contributed by atoms with Gasteiger partial charge in [-0.1, -0.05) is 154 Å². The van der Waals surface area contributed by atoms with E-state index in [0.717, 1.165) is 44.9 Å². The molecule has 0 aliphatic carbocycles. The molecule has 0 radical (unpaired) electrons. The molecule has 0 aliphatic heterocycles. The second kappa shape index (κ2) is 40.6. The van der Waals surface area contributed by atoms with E-state index in [4.69, 9.17) is 19.1 Å². The summed E-state index contributed by atoms with van der Waals surface area (Å²) in [6.07, 6.45) is 40.0. The van der Waals surface area contributed by atoms with Crippen LogP contribution < -0.4 is 0 Å². The van der Waals surface area contributed by atoms with E-state index in [-0.39, 0.29) is 19.4 Å². The summed E-state index contributed by atoms with van der Waals surface area (Å²) in [7, 11) is -4.62. The van der Waals surface area contributed by atoms with Gasteiger partial charge >= 0.3 is 19.8 Å². The molecule has 0 spiro atoms. The highest BCUT2D eigenvalue weighted by atomic mass is 31.2. The van der Waals surface area contributed by atoms with Gasteiger partial charge in [-0.3, -0.25) is 18.6 Å². The van der Waals surface area contributed by atoms with Crippen molar-refractivity contribution in [3.63, 3.8) is 0 Å². The van der Waals surface area contributed by atoms with Crippen molar-refractivity contribution in [3.8, 4) is 0 Å². The third-order valence-corrected chi connectivity index (χ3v) is 10.5. The van der Waals surface area contributed by atoms with E-state index in [0.29, 0.717) is 12.8 Å². The number of phosphoric acid groups is 1. The zero-order chi connectivity index (χ0) is 40.5. The van der Waals surface area contributed by atoms with Gasteiger partial charge in [0, 0.05) is 12.8 Å². The summed E-state index contributed by atoms with van der Waals surface area (Å²) in [5, 5.41) is 18.3. The largest absolute Gasteiger partial charge is 0.472 e. The molecule has 0 rings (SSSR count). The standard InChI is InChI=1S/C44H83O10P/c1-3-5-7-9-11-13-15-17-19-20-22-23-25-27-29-31-33-35-43(47)51-39-42(40-53-55(49,50)52-38-41(46)37-45)54-44(48)36-34-32-30-28-26-24-21-18-16-14-12-10-8-6-4-2/h17,19,26,28,41-42,45-46H,3-16,18,20-25,27,29-40H2,1-2H3,(H,49,50)/b19-17+,28-26+/t41-,42+/m0/s1. The highest BCUT2D eigenvalue weighted by Gasteiger charge is 2.27. The lowest BCUT2D eigenvalue weighted by Crippen LogP contribution is -2.29. The number of phosphoric ester groups is 1. The molecule has 3 atom stereocenters. The molecule has 55 heavy (non-hydrogen) atoms. The van der Waals surface area contributed by atoms with Crippen LogP contribution in [0.2, 0.25) is 0 Å². The minimum Gasteiger partial charge on any atom is -0.462 e. The Morgan fingerprint density at radius 3 is 1.35 bits per heavy atom. The summed E-state index contributed by atoms with van der Waals surface area (Å²) < 4.78 is 32.7. The number of aliphatic hydroxyl groups excluding tert-OH is 2. The molecule has 3 N–H and O–H groups in total. The molecule has 0 saturated carbocycles. The third kappa shape index (κ3) is 40.4. The first kappa shape index (κ1) is 53.5. The van der Waals surface area contributed by atoms with E-state index < -0.39 is 51.8 Å². The van der Waals surface area contributed by atoms with E-state index in [9.17, 15) is 24.2 Å². The number of allylic oxidation sites excluding steroid dienone is 4.